The topological polar surface area (TPSA) is 78.2 Å². The molecule has 21 heavy (non-hydrogen) atoms. The van der Waals surface area contributed by atoms with E-state index in [1.54, 1.807) is 30.3 Å². The SMILES string of the molecule is N#Cc1cccc(CS(=O)Cc2ccc(C(=O)O)cc2)c1. The van der Waals surface area contributed by atoms with Crippen LogP contribution in [0.15, 0.2) is 48.5 Å². The molecule has 0 amide bonds. The third kappa shape index (κ3) is 4.26. The lowest BCUT2D eigenvalue weighted by Crippen LogP contribution is -2.01. The summed E-state index contributed by atoms with van der Waals surface area (Å²) >= 11 is 0. The van der Waals surface area contributed by atoms with E-state index in [9.17, 15) is 9.00 Å². The first-order chi connectivity index (χ1) is 10.1. The van der Waals surface area contributed by atoms with Gasteiger partial charge in [-0.2, -0.15) is 5.26 Å². The van der Waals surface area contributed by atoms with Crippen molar-refractivity contribution in [3.63, 3.8) is 0 Å². The Morgan fingerprint density at radius 3 is 2.38 bits per heavy atom. The second-order valence-corrected chi connectivity index (χ2v) is 6.00. The monoisotopic (exact) mass is 299 g/mol. The molecule has 4 nitrogen and oxygen atoms in total. The van der Waals surface area contributed by atoms with Crippen molar-refractivity contribution in [1.29, 1.82) is 5.26 Å². The zero-order chi connectivity index (χ0) is 15.2. The first kappa shape index (κ1) is 14.9. The molecule has 1 atom stereocenters. The minimum Gasteiger partial charge on any atom is -0.478 e. The molecule has 0 aliphatic carbocycles. The summed E-state index contributed by atoms with van der Waals surface area (Å²) in [7, 11) is -1.11. The fourth-order valence-electron chi connectivity index (χ4n) is 1.90. The van der Waals surface area contributed by atoms with Gasteiger partial charge in [0, 0.05) is 22.3 Å². The van der Waals surface area contributed by atoms with Crippen LogP contribution in [-0.4, -0.2) is 15.3 Å². The van der Waals surface area contributed by atoms with E-state index in [1.165, 1.54) is 12.1 Å². The number of aromatic carboxylic acids is 1. The van der Waals surface area contributed by atoms with Crippen LogP contribution in [0.3, 0.4) is 0 Å². The smallest absolute Gasteiger partial charge is 0.335 e. The fourth-order valence-corrected chi connectivity index (χ4v) is 3.11. The van der Waals surface area contributed by atoms with Crippen LogP contribution in [0.1, 0.15) is 27.0 Å². The lowest BCUT2D eigenvalue weighted by molar-refractivity contribution is 0.0697. The molecule has 2 rings (SSSR count). The molecule has 106 valence electrons. The Balaban J connectivity index is 2.01. The molecule has 5 heteroatoms. The van der Waals surface area contributed by atoms with Crippen LogP contribution < -0.4 is 0 Å². The first-order valence-electron chi connectivity index (χ1n) is 6.25. The zero-order valence-electron chi connectivity index (χ0n) is 11.2. The Kier molecular flexibility index (Phi) is 4.85. The summed E-state index contributed by atoms with van der Waals surface area (Å²) in [6, 6.07) is 15.5. The molecular formula is C16H13NO3S. The molecule has 0 aliphatic rings. The molecule has 0 aliphatic heterocycles. The predicted molar refractivity (Wildman–Crippen MR) is 80.1 cm³/mol. The Labute approximate surface area is 125 Å². The summed E-state index contributed by atoms with van der Waals surface area (Å²) in [4.78, 5) is 10.7. The van der Waals surface area contributed by atoms with Crippen LogP contribution in [0.2, 0.25) is 0 Å². The van der Waals surface area contributed by atoms with Crippen molar-refractivity contribution in [3.05, 3.63) is 70.8 Å². The van der Waals surface area contributed by atoms with Gasteiger partial charge < -0.3 is 5.11 Å². The lowest BCUT2D eigenvalue weighted by Gasteiger charge is -2.04. The molecular weight excluding hydrogens is 286 g/mol. The summed E-state index contributed by atoms with van der Waals surface area (Å²) < 4.78 is 12.1. The molecule has 0 fully saturated rings. The van der Waals surface area contributed by atoms with Crippen molar-refractivity contribution in [2.24, 2.45) is 0 Å². The molecule has 2 aromatic rings. The quantitative estimate of drug-likeness (QED) is 0.920. The van der Waals surface area contributed by atoms with Crippen molar-refractivity contribution < 1.29 is 14.1 Å². The van der Waals surface area contributed by atoms with E-state index in [0.717, 1.165) is 11.1 Å². The van der Waals surface area contributed by atoms with E-state index in [0.29, 0.717) is 17.1 Å². The minimum absolute atomic E-state index is 0.214. The summed E-state index contributed by atoms with van der Waals surface area (Å²) in [5, 5.41) is 17.6. The van der Waals surface area contributed by atoms with Crippen LogP contribution >= 0.6 is 0 Å². The average molecular weight is 299 g/mol. The van der Waals surface area contributed by atoms with Gasteiger partial charge in [-0.25, -0.2) is 4.79 Å². The van der Waals surface area contributed by atoms with Crippen molar-refractivity contribution in [2.75, 3.05) is 0 Å². The van der Waals surface area contributed by atoms with Crippen LogP contribution in [0.5, 0.6) is 0 Å². The number of hydrogen-bond donors (Lipinski definition) is 1. The van der Waals surface area contributed by atoms with Crippen molar-refractivity contribution in [3.8, 4) is 6.07 Å². The van der Waals surface area contributed by atoms with Crippen LogP contribution in [-0.2, 0) is 22.3 Å². The number of carbonyl (C=O) groups is 1. The largest absolute Gasteiger partial charge is 0.478 e. The predicted octanol–water partition coefficient (Wildman–Crippen LogP) is 2.71. The maximum atomic E-state index is 12.1. The molecule has 2 aromatic carbocycles. The van der Waals surface area contributed by atoms with Crippen molar-refractivity contribution >= 4 is 16.8 Å². The highest BCUT2D eigenvalue weighted by molar-refractivity contribution is 7.83. The van der Waals surface area contributed by atoms with E-state index in [4.69, 9.17) is 10.4 Å². The highest BCUT2D eigenvalue weighted by Gasteiger charge is 2.06. The number of nitrogens with zero attached hydrogens (tertiary/aromatic N) is 1. The van der Waals surface area contributed by atoms with Gasteiger partial charge in [0.1, 0.15) is 0 Å². The molecule has 0 saturated carbocycles. The molecule has 1 unspecified atom stereocenters. The van der Waals surface area contributed by atoms with Gasteiger partial charge in [-0.15, -0.1) is 0 Å². The zero-order valence-corrected chi connectivity index (χ0v) is 12.0. The van der Waals surface area contributed by atoms with Crippen LogP contribution in [0, 0.1) is 11.3 Å². The molecule has 0 saturated heterocycles. The fraction of sp³-hybridized carbons (Fsp3) is 0.125. The highest BCUT2D eigenvalue weighted by atomic mass is 32.2. The van der Waals surface area contributed by atoms with E-state index in [1.807, 2.05) is 6.07 Å². The summed E-state index contributed by atoms with van der Waals surface area (Å²) in [6.45, 7) is 0. The van der Waals surface area contributed by atoms with Gasteiger partial charge in [0.25, 0.3) is 0 Å². The Morgan fingerprint density at radius 1 is 1.10 bits per heavy atom. The molecule has 0 heterocycles. The maximum absolute atomic E-state index is 12.1. The van der Waals surface area contributed by atoms with Gasteiger partial charge in [-0.05, 0) is 35.4 Å². The lowest BCUT2D eigenvalue weighted by atomic mass is 10.1. The maximum Gasteiger partial charge on any atom is 0.335 e. The van der Waals surface area contributed by atoms with Gasteiger partial charge in [0.05, 0.1) is 17.2 Å². The molecule has 0 bridgehead atoms. The van der Waals surface area contributed by atoms with Crippen molar-refractivity contribution in [2.45, 2.75) is 11.5 Å². The second kappa shape index (κ2) is 6.82. The van der Waals surface area contributed by atoms with Crippen LogP contribution in [0.4, 0.5) is 0 Å². The van der Waals surface area contributed by atoms with Crippen molar-refractivity contribution in [1.82, 2.24) is 0 Å². The van der Waals surface area contributed by atoms with E-state index in [2.05, 4.69) is 6.07 Å². The number of nitriles is 1. The minimum atomic E-state index is -1.11. The Morgan fingerprint density at radius 2 is 1.76 bits per heavy atom. The average Bonchev–Trinajstić information content (AvgIpc) is 2.47. The standard InChI is InChI=1S/C16H13NO3S/c17-9-13-2-1-3-14(8-13)11-21(20)10-12-4-6-15(7-5-12)16(18)19/h1-8H,10-11H2,(H,18,19). The number of carboxylic acids is 1. The van der Waals surface area contributed by atoms with Gasteiger partial charge in [-0.3, -0.25) is 4.21 Å². The van der Waals surface area contributed by atoms with Gasteiger partial charge in [0.2, 0.25) is 0 Å². The van der Waals surface area contributed by atoms with E-state index < -0.39 is 16.8 Å². The molecule has 0 aromatic heterocycles. The number of rotatable bonds is 5. The summed E-state index contributed by atoms with van der Waals surface area (Å²) in [5.74, 6) is -0.247. The first-order valence-corrected chi connectivity index (χ1v) is 7.73. The van der Waals surface area contributed by atoms with Gasteiger partial charge in [0.15, 0.2) is 0 Å². The van der Waals surface area contributed by atoms with Gasteiger partial charge >= 0.3 is 5.97 Å². The van der Waals surface area contributed by atoms with Crippen LogP contribution in [0.25, 0.3) is 0 Å². The number of carboxylic acid groups (broad SMARTS) is 1. The van der Waals surface area contributed by atoms with E-state index in [-0.39, 0.29) is 5.56 Å². The third-order valence-corrected chi connectivity index (χ3v) is 4.22. The summed E-state index contributed by atoms with van der Waals surface area (Å²) in [6.07, 6.45) is 0. The molecule has 0 spiro atoms. The molecule has 1 N–H and O–H groups in total. The number of hydrogen-bond acceptors (Lipinski definition) is 3. The Bertz CT molecular complexity index is 717. The normalized spacial score (nSPS) is 11.6. The van der Waals surface area contributed by atoms with E-state index >= 15 is 0 Å². The highest BCUT2D eigenvalue weighted by Crippen LogP contribution is 2.12. The number of benzene rings is 2. The summed E-state index contributed by atoms with van der Waals surface area (Å²) in [5.41, 5.74) is 2.45. The molecule has 0 radical (unpaired) electrons. The van der Waals surface area contributed by atoms with Gasteiger partial charge in [-0.1, -0.05) is 24.3 Å². The Hall–Kier alpha value is -2.45. The second-order valence-electron chi connectivity index (χ2n) is 4.54. The third-order valence-electron chi connectivity index (χ3n) is 2.91.